The number of thioether (sulfide) groups is 1. The first-order chi connectivity index (χ1) is 14.9. The molecule has 1 aliphatic heterocycles. The maximum atomic E-state index is 12.8. The van der Waals surface area contributed by atoms with Gasteiger partial charge < -0.3 is 14.8 Å². The number of halogens is 1. The average molecular weight is 505 g/mol. The van der Waals surface area contributed by atoms with Crippen LogP contribution in [0.25, 0.3) is 6.08 Å². The van der Waals surface area contributed by atoms with Crippen molar-refractivity contribution in [3.05, 3.63) is 57.4 Å². The lowest BCUT2D eigenvalue weighted by Gasteiger charge is -2.13. The minimum Gasteiger partial charge on any atom is -0.494 e. The summed E-state index contributed by atoms with van der Waals surface area (Å²) in [6.45, 7) is 4.34. The van der Waals surface area contributed by atoms with Crippen LogP contribution in [0, 0.1) is 0 Å². The van der Waals surface area contributed by atoms with Gasteiger partial charge in [-0.3, -0.25) is 19.3 Å². The first kappa shape index (κ1) is 22.9. The fourth-order valence-electron chi connectivity index (χ4n) is 2.83. The zero-order chi connectivity index (χ0) is 22.4. The number of ether oxygens (including phenoxy) is 2. The summed E-state index contributed by atoms with van der Waals surface area (Å²) >= 11 is 4.12. The molecule has 0 spiro atoms. The van der Waals surface area contributed by atoms with Crippen molar-refractivity contribution in [2.45, 2.75) is 13.8 Å². The Morgan fingerprint density at radius 1 is 1.10 bits per heavy atom. The second-order valence-corrected chi connectivity index (χ2v) is 8.30. The van der Waals surface area contributed by atoms with E-state index in [9.17, 15) is 14.4 Å². The Hall–Kier alpha value is -2.78. The summed E-state index contributed by atoms with van der Waals surface area (Å²) < 4.78 is 12.0. The lowest BCUT2D eigenvalue weighted by Crippen LogP contribution is -2.36. The van der Waals surface area contributed by atoms with Crippen molar-refractivity contribution < 1.29 is 23.9 Å². The van der Waals surface area contributed by atoms with E-state index in [1.807, 2.05) is 13.8 Å². The number of carbonyl (C=O) groups excluding carboxylic acids is 3. The van der Waals surface area contributed by atoms with E-state index >= 15 is 0 Å². The Kier molecular flexibility index (Phi) is 7.75. The summed E-state index contributed by atoms with van der Waals surface area (Å²) in [5, 5.41) is 2.18. The molecule has 0 unspecified atom stereocenters. The van der Waals surface area contributed by atoms with E-state index in [0.717, 1.165) is 21.1 Å². The number of anilines is 1. The molecule has 2 aromatic rings. The maximum Gasteiger partial charge on any atom is 0.294 e. The molecule has 0 aliphatic carbocycles. The number of rotatable bonds is 8. The number of amides is 3. The molecule has 162 valence electrons. The minimum atomic E-state index is -0.516. The van der Waals surface area contributed by atoms with E-state index < -0.39 is 17.1 Å². The largest absolute Gasteiger partial charge is 0.494 e. The predicted molar refractivity (Wildman–Crippen MR) is 124 cm³/mol. The summed E-state index contributed by atoms with van der Waals surface area (Å²) in [6, 6.07) is 12.3. The molecule has 1 N–H and O–H groups in total. The molecule has 7 nitrogen and oxygen atoms in total. The van der Waals surface area contributed by atoms with Crippen LogP contribution in [0.2, 0.25) is 0 Å². The molecule has 1 heterocycles. The quantitative estimate of drug-likeness (QED) is 0.513. The van der Waals surface area contributed by atoms with Crippen molar-refractivity contribution >= 4 is 56.5 Å². The van der Waals surface area contributed by atoms with E-state index in [0.29, 0.717) is 36.0 Å². The van der Waals surface area contributed by atoms with Gasteiger partial charge in [-0.25, -0.2) is 0 Å². The predicted octanol–water partition coefficient (Wildman–Crippen LogP) is 4.92. The highest BCUT2D eigenvalue weighted by Gasteiger charge is 2.36. The fourth-order valence-corrected chi connectivity index (χ4v) is 3.92. The molecule has 0 bridgehead atoms. The number of nitrogens with one attached hydrogen (secondary N) is 1. The number of carbonyl (C=O) groups is 3. The highest BCUT2D eigenvalue weighted by Crippen LogP contribution is 2.35. The second kappa shape index (κ2) is 10.5. The molecule has 9 heteroatoms. The van der Waals surface area contributed by atoms with Crippen LogP contribution in [0.3, 0.4) is 0 Å². The fraction of sp³-hybridized carbons (Fsp3) is 0.227. The number of nitrogens with zero attached hydrogens (tertiary/aromatic N) is 1. The van der Waals surface area contributed by atoms with Gasteiger partial charge in [0.25, 0.3) is 11.1 Å². The third kappa shape index (κ3) is 5.89. The molecular formula is C22H21BrN2O5S. The van der Waals surface area contributed by atoms with Gasteiger partial charge in [0.1, 0.15) is 18.0 Å². The standard InChI is InChI=1S/C22H21BrN2O5S/c1-3-29-17-10-5-14(18(12-17)30-4-2)11-19-21(27)25(22(28)31-19)13-20(26)24-16-8-6-15(23)7-9-16/h5-12H,3-4,13H2,1-2H3,(H,24,26)/b19-11+. The maximum absolute atomic E-state index is 12.8. The van der Waals surface area contributed by atoms with Gasteiger partial charge in [0.15, 0.2) is 0 Å². The Labute approximate surface area is 192 Å². The Morgan fingerprint density at radius 3 is 2.48 bits per heavy atom. The van der Waals surface area contributed by atoms with Crippen LogP contribution in [-0.2, 0) is 9.59 Å². The SMILES string of the molecule is CCOc1ccc(/C=C2/SC(=O)N(CC(=O)Nc3ccc(Br)cc3)C2=O)c(OCC)c1. The van der Waals surface area contributed by atoms with Crippen LogP contribution in [0.15, 0.2) is 51.8 Å². The zero-order valence-electron chi connectivity index (χ0n) is 17.0. The van der Waals surface area contributed by atoms with E-state index in [1.54, 1.807) is 48.5 Å². The van der Waals surface area contributed by atoms with Crippen molar-refractivity contribution in [3.8, 4) is 11.5 Å². The number of imide groups is 1. The summed E-state index contributed by atoms with van der Waals surface area (Å²) in [5.41, 5.74) is 1.22. The number of hydrogen-bond acceptors (Lipinski definition) is 6. The smallest absolute Gasteiger partial charge is 0.294 e. The molecule has 2 aromatic carbocycles. The highest BCUT2D eigenvalue weighted by molar-refractivity contribution is 9.10. The zero-order valence-corrected chi connectivity index (χ0v) is 19.4. The van der Waals surface area contributed by atoms with Crippen molar-refractivity contribution in [1.82, 2.24) is 4.90 Å². The first-order valence-electron chi connectivity index (χ1n) is 9.61. The Morgan fingerprint density at radius 2 is 1.81 bits per heavy atom. The summed E-state index contributed by atoms with van der Waals surface area (Å²) in [4.78, 5) is 38.6. The molecule has 0 atom stereocenters. The third-order valence-electron chi connectivity index (χ3n) is 4.19. The molecule has 0 radical (unpaired) electrons. The van der Waals surface area contributed by atoms with Gasteiger partial charge in [-0.05, 0) is 68.1 Å². The van der Waals surface area contributed by atoms with Gasteiger partial charge in [0.2, 0.25) is 5.91 Å². The van der Waals surface area contributed by atoms with Crippen molar-refractivity contribution in [3.63, 3.8) is 0 Å². The lowest BCUT2D eigenvalue weighted by molar-refractivity contribution is -0.127. The summed E-state index contributed by atoms with van der Waals surface area (Å²) in [7, 11) is 0. The van der Waals surface area contributed by atoms with Gasteiger partial charge >= 0.3 is 0 Å². The van der Waals surface area contributed by atoms with Crippen LogP contribution < -0.4 is 14.8 Å². The van der Waals surface area contributed by atoms with Crippen LogP contribution in [-0.4, -0.2) is 41.7 Å². The van der Waals surface area contributed by atoms with Crippen molar-refractivity contribution in [2.75, 3.05) is 25.1 Å². The van der Waals surface area contributed by atoms with E-state index in [-0.39, 0.29) is 11.4 Å². The average Bonchev–Trinajstić information content (AvgIpc) is 2.99. The van der Waals surface area contributed by atoms with E-state index in [2.05, 4.69) is 21.2 Å². The highest BCUT2D eigenvalue weighted by atomic mass is 79.9. The van der Waals surface area contributed by atoms with E-state index in [1.165, 1.54) is 0 Å². The van der Waals surface area contributed by atoms with Crippen LogP contribution in [0.1, 0.15) is 19.4 Å². The third-order valence-corrected chi connectivity index (χ3v) is 5.62. The van der Waals surface area contributed by atoms with Gasteiger partial charge in [0.05, 0.1) is 18.1 Å². The molecule has 3 amide bonds. The molecule has 0 saturated carbocycles. The normalized spacial score (nSPS) is 14.8. The van der Waals surface area contributed by atoms with Crippen molar-refractivity contribution in [1.29, 1.82) is 0 Å². The van der Waals surface area contributed by atoms with Crippen LogP contribution >= 0.6 is 27.7 Å². The monoisotopic (exact) mass is 504 g/mol. The molecule has 1 saturated heterocycles. The molecule has 1 fully saturated rings. The molecule has 3 rings (SSSR count). The Bertz CT molecular complexity index is 1020. The lowest BCUT2D eigenvalue weighted by atomic mass is 10.1. The summed E-state index contributed by atoms with van der Waals surface area (Å²) in [5.74, 6) is 0.230. The van der Waals surface area contributed by atoms with Crippen LogP contribution in [0.5, 0.6) is 11.5 Å². The molecule has 0 aromatic heterocycles. The molecule has 31 heavy (non-hydrogen) atoms. The minimum absolute atomic E-state index is 0.228. The summed E-state index contributed by atoms with van der Waals surface area (Å²) in [6.07, 6.45) is 1.60. The van der Waals surface area contributed by atoms with Gasteiger partial charge in [-0.15, -0.1) is 0 Å². The molecule has 1 aliphatic rings. The number of benzene rings is 2. The van der Waals surface area contributed by atoms with Gasteiger partial charge in [-0.2, -0.15) is 0 Å². The topological polar surface area (TPSA) is 84.9 Å². The molecular weight excluding hydrogens is 484 g/mol. The van der Waals surface area contributed by atoms with Crippen molar-refractivity contribution in [2.24, 2.45) is 0 Å². The number of hydrogen-bond donors (Lipinski definition) is 1. The first-order valence-corrected chi connectivity index (χ1v) is 11.2. The Balaban J connectivity index is 1.74. The van der Waals surface area contributed by atoms with Gasteiger partial charge in [-0.1, -0.05) is 15.9 Å². The van der Waals surface area contributed by atoms with E-state index in [4.69, 9.17) is 9.47 Å². The van der Waals surface area contributed by atoms with Gasteiger partial charge in [0, 0.05) is 21.8 Å². The second-order valence-electron chi connectivity index (χ2n) is 6.39. The van der Waals surface area contributed by atoms with Crippen LogP contribution in [0.4, 0.5) is 10.5 Å².